The van der Waals surface area contributed by atoms with Crippen molar-refractivity contribution in [3.63, 3.8) is 0 Å². The molecule has 0 unspecified atom stereocenters. The molecule has 0 spiro atoms. The summed E-state index contributed by atoms with van der Waals surface area (Å²) < 4.78 is 0. The molecule has 232 valence electrons. The summed E-state index contributed by atoms with van der Waals surface area (Å²) in [4.78, 5) is 45.6. The van der Waals surface area contributed by atoms with E-state index in [2.05, 4.69) is 20.9 Å². The summed E-state index contributed by atoms with van der Waals surface area (Å²) >= 11 is 15.1. The highest BCUT2D eigenvalue weighted by atomic mass is 35.5. The summed E-state index contributed by atoms with van der Waals surface area (Å²) in [5.74, 6) is -1.07. The van der Waals surface area contributed by atoms with E-state index in [9.17, 15) is 14.4 Å². The van der Waals surface area contributed by atoms with Crippen LogP contribution < -0.4 is 16.0 Å². The molecule has 0 aliphatic carbocycles. The van der Waals surface area contributed by atoms with Gasteiger partial charge in [-0.05, 0) is 68.0 Å². The molecule has 4 aromatic carbocycles. The van der Waals surface area contributed by atoms with Crippen molar-refractivity contribution in [2.75, 3.05) is 16.4 Å². The Morgan fingerprint density at radius 2 is 1.63 bits per heavy atom. The molecule has 0 aliphatic heterocycles. The molecule has 0 bridgehead atoms. The van der Waals surface area contributed by atoms with Crippen molar-refractivity contribution in [1.29, 1.82) is 0 Å². The van der Waals surface area contributed by atoms with Crippen molar-refractivity contribution in [3.8, 4) is 11.3 Å². The lowest BCUT2D eigenvalue weighted by Gasteiger charge is -2.12. The molecule has 0 radical (unpaired) electrons. The minimum Gasteiger partial charge on any atom is -0.321 e. The molecular formula is C35H28Cl2N4O3S2. The van der Waals surface area contributed by atoms with E-state index in [-0.39, 0.29) is 17.4 Å². The highest BCUT2D eigenvalue weighted by Crippen LogP contribution is 2.31. The molecule has 3 amide bonds. The van der Waals surface area contributed by atoms with Crippen molar-refractivity contribution in [2.24, 2.45) is 0 Å². The molecule has 0 saturated carbocycles. The van der Waals surface area contributed by atoms with E-state index in [0.29, 0.717) is 32.0 Å². The molecule has 3 N–H and O–H groups in total. The molecule has 1 heterocycles. The van der Waals surface area contributed by atoms with Gasteiger partial charge >= 0.3 is 0 Å². The lowest BCUT2D eigenvalue weighted by molar-refractivity contribution is -0.114. The summed E-state index contributed by atoms with van der Waals surface area (Å²) in [5.41, 5.74) is 4.38. The second-order valence-electron chi connectivity index (χ2n) is 10.2. The highest BCUT2D eigenvalue weighted by molar-refractivity contribution is 8.00. The number of thiazole rings is 1. The normalized spacial score (nSPS) is 11.2. The molecule has 7 nitrogen and oxygen atoms in total. The van der Waals surface area contributed by atoms with Crippen LogP contribution in [-0.4, -0.2) is 28.5 Å². The van der Waals surface area contributed by atoms with Gasteiger partial charge in [0.15, 0.2) is 5.13 Å². The lowest BCUT2D eigenvalue weighted by Crippen LogP contribution is -2.30. The van der Waals surface area contributed by atoms with Gasteiger partial charge in [-0.25, -0.2) is 4.98 Å². The lowest BCUT2D eigenvalue weighted by atomic mass is 10.1. The second kappa shape index (κ2) is 15.2. The van der Waals surface area contributed by atoms with Crippen LogP contribution in [0.3, 0.4) is 0 Å². The number of nitrogens with zero attached hydrogens (tertiary/aromatic N) is 1. The predicted molar refractivity (Wildman–Crippen MR) is 190 cm³/mol. The van der Waals surface area contributed by atoms with Crippen LogP contribution >= 0.6 is 46.3 Å². The van der Waals surface area contributed by atoms with Crippen LogP contribution in [0.4, 0.5) is 10.8 Å². The minimum absolute atomic E-state index is 0.0146. The fraction of sp³-hybridized carbons (Fsp3) is 0.0857. The summed E-state index contributed by atoms with van der Waals surface area (Å²) in [6.07, 6.45) is 1.49. The quantitative estimate of drug-likeness (QED) is 0.101. The van der Waals surface area contributed by atoms with Gasteiger partial charge in [0.05, 0.1) is 11.4 Å². The Morgan fingerprint density at radius 3 is 2.37 bits per heavy atom. The van der Waals surface area contributed by atoms with E-state index in [0.717, 1.165) is 21.0 Å². The highest BCUT2D eigenvalue weighted by Gasteiger charge is 2.17. The summed E-state index contributed by atoms with van der Waals surface area (Å²) in [5, 5.41) is 9.72. The Hall–Kier alpha value is -4.41. The largest absolute Gasteiger partial charge is 0.321 e. The fourth-order valence-electron chi connectivity index (χ4n) is 4.31. The van der Waals surface area contributed by atoms with Gasteiger partial charge in [-0.2, -0.15) is 0 Å². The summed E-state index contributed by atoms with van der Waals surface area (Å²) in [6.45, 7) is 4.01. The molecule has 0 atom stereocenters. The first-order chi connectivity index (χ1) is 22.1. The molecule has 0 aliphatic rings. The fourth-order valence-corrected chi connectivity index (χ4v) is 6.38. The number of halogens is 2. The monoisotopic (exact) mass is 686 g/mol. The first kappa shape index (κ1) is 33.0. The number of hydrogen-bond acceptors (Lipinski definition) is 6. The first-order valence-corrected chi connectivity index (χ1v) is 16.6. The van der Waals surface area contributed by atoms with Gasteiger partial charge in [-0.15, -0.1) is 23.1 Å². The van der Waals surface area contributed by atoms with E-state index in [1.54, 1.807) is 66.7 Å². The number of carbonyl (C=O) groups excluding carboxylic acids is 3. The van der Waals surface area contributed by atoms with Crippen molar-refractivity contribution in [2.45, 2.75) is 18.7 Å². The number of anilines is 2. The van der Waals surface area contributed by atoms with E-state index in [4.69, 9.17) is 23.2 Å². The van der Waals surface area contributed by atoms with Crippen molar-refractivity contribution in [3.05, 3.63) is 134 Å². The molecule has 0 saturated heterocycles. The molecular weight excluding hydrogens is 659 g/mol. The Labute approximate surface area is 285 Å². The first-order valence-electron chi connectivity index (χ1n) is 14.1. The maximum absolute atomic E-state index is 13.5. The zero-order chi connectivity index (χ0) is 32.6. The third-order valence-electron chi connectivity index (χ3n) is 6.62. The predicted octanol–water partition coefficient (Wildman–Crippen LogP) is 8.87. The van der Waals surface area contributed by atoms with Gasteiger partial charge in [0, 0.05) is 36.6 Å². The molecule has 0 fully saturated rings. The maximum atomic E-state index is 13.5. The van der Waals surface area contributed by atoms with Gasteiger partial charge in [0.1, 0.15) is 5.70 Å². The van der Waals surface area contributed by atoms with Crippen LogP contribution in [0.25, 0.3) is 17.3 Å². The van der Waals surface area contributed by atoms with E-state index >= 15 is 0 Å². The Bertz CT molecular complexity index is 1930. The molecule has 1 aromatic heterocycles. The topological polar surface area (TPSA) is 100 Å². The number of nitrogens with one attached hydrogen (secondary N) is 3. The smallest absolute Gasteiger partial charge is 0.272 e. The van der Waals surface area contributed by atoms with Gasteiger partial charge < -0.3 is 16.0 Å². The van der Waals surface area contributed by atoms with E-state index < -0.39 is 11.8 Å². The van der Waals surface area contributed by atoms with E-state index in [1.165, 1.54) is 34.7 Å². The number of amides is 3. The van der Waals surface area contributed by atoms with Crippen LogP contribution in [-0.2, 0) is 9.59 Å². The average Bonchev–Trinajstić information content (AvgIpc) is 3.41. The molecule has 46 heavy (non-hydrogen) atoms. The SMILES string of the molecule is Cc1ccc(-c2nc(NC(=O)CSc3cccc(NC(=O)/C(=C\c4ccc(Cl)cc4Cl)NC(=O)c4ccccc4)c3)sc2C)cc1. The zero-order valence-electron chi connectivity index (χ0n) is 24.8. The average molecular weight is 688 g/mol. The second-order valence-corrected chi connectivity index (χ2v) is 13.2. The number of hydrogen-bond donors (Lipinski definition) is 3. The number of aryl methyl sites for hydroxylation is 2. The number of carbonyl (C=O) groups is 3. The van der Waals surface area contributed by atoms with Gasteiger partial charge in [-0.1, -0.05) is 83.4 Å². The molecule has 5 rings (SSSR count). The van der Waals surface area contributed by atoms with Crippen molar-refractivity contribution < 1.29 is 14.4 Å². The standard InChI is InChI=1S/C35H28Cl2N4O3S2/c1-21-11-13-23(14-12-21)32-22(2)46-35(41-32)40-31(42)20-45-28-10-6-9-27(19-28)38-34(44)30(17-25-15-16-26(36)18-29(25)37)39-33(43)24-7-4-3-5-8-24/h3-19H,20H2,1-2H3,(H,38,44)(H,39,43)(H,40,41,42)/b30-17+. The molecule has 5 aromatic rings. The molecule has 11 heteroatoms. The number of benzene rings is 4. The zero-order valence-corrected chi connectivity index (χ0v) is 27.9. The number of thioether (sulfide) groups is 1. The van der Waals surface area contributed by atoms with Gasteiger partial charge in [-0.3, -0.25) is 14.4 Å². The summed E-state index contributed by atoms with van der Waals surface area (Å²) in [6, 6.07) is 28.6. The third-order valence-corrected chi connectivity index (χ3v) is 9.06. The minimum atomic E-state index is -0.557. The Kier molecular flexibility index (Phi) is 10.9. The van der Waals surface area contributed by atoms with Crippen LogP contribution in [0.1, 0.15) is 26.4 Å². The van der Waals surface area contributed by atoms with Crippen molar-refractivity contribution >= 4 is 80.9 Å². The van der Waals surface area contributed by atoms with Crippen LogP contribution in [0.15, 0.2) is 108 Å². The number of rotatable bonds is 10. The maximum Gasteiger partial charge on any atom is 0.272 e. The summed E-state index contributed by atoms with van der Waals surface area (Å²) in [7, 11) is 0. The van der Waals surface area contributed by atoms with Gasteiger partial charge in [0.2, 0.25) is 5.91 Å². The Morgan fingerprint density at radius 1 is 0.870 bits per heavy atom. The Balaban J connectivity index is 1.25. The van der Waals surface area contributed by atoms with E-state index in [1.807, 2.05) is 44.2 Å². The van der Waals surface area contributed by atoms with Crippen LogP contribution in [0.5, 0.6) is 0 Å². The third kappa shape index (κ3) is 8.86. The van der Waals surface area contributed by atoms with Crippen LogP contribution in [0.2, 0.25) is 10.0 Å². The number of aromatic nitrogens is 1. The van der Waals surface area contributed by atoms with Crippen molar-refractivity contribution in [1.82, 2.24) is 10.3 Å². The van der Waals surface area contributed by atoms with Crippen LogP contribution in [0, 0.1) is 13.8 Å². The van der Waals surface area contributed by atoms with Gasteiger partial charge in [0.25, 0.3) is 11.8 Å².